The number of hydrogen-bond acceptors (Lipinski definition) is 5. The molecule has 0 unspecified atom stereocenters. The van der Waals surface area contributed by atoms with Crippen LogP contribution in [0.15, 0.2) is 63.8 Å². The van der Waals surface area contributed by atoms with Gasteiger partial charge >= 0.3 is 0 Å². The van der Waals surface area contributed by atoms with E-state index in [9.17, 15) is 8.42 Å². The van der Waals surface area contributed by atoms with Crippen molar-refractivity contribution in [2.45, 2.75) is 18.2 Å². The Morgan fingerprint density at radius 2 is 1.85 bits per heavy atom. The molecule has 5 nitrogen and oxygen atoms in total. The molecular weight excluding hydrogens is 366 g/mol. The van der Waals surface area contributed by atoms with Gasteiger partial charge in [0.25, 0.3) is 10.0 Å². The van der Waals surface area contributed by atoms with Crippen LogP contribution in [0.2, 0.25) is 0 Å². The number of anilines is 1. The third-order valence-corrected chi connectivity index (χ3v) is 6.74. The zero-order valence-electron chi connectivity index (χ0n) is 14.3. The lowest BCUT2D eigenvalue weighted by molar-refractivity contribution is 0.601. The van der Waals surface area contributed by atoms with Gasteiger partial charge in [0.05, 0.1) is 17.1 Å². The van der Waals surface area contributed by atoms with Crippen molar-refractivity contribution in [2.75, 3.05) is 17.8 Å². The molecule has 2 heterocycles. The molecule has 2 aliphatic heterocycles. The van der Waals surface area contributed by atoms with E-state index in [0.29, 0.717) is 5.69 Å². The Hall–Kier alpha value is -2.25. The number of thioether (sulfide) groups is 1. The van der Waals surface area contributed by atoms with Gasteiger partial charge in [0, 0.05) is 17.6 Å². The topological polar surface area (TPSA) is 61.8 Å². The van der Waals surface area contributed by atoms with Crippen molar-refractivity contribution in [1.82, 2.24) is 4.90 Å². The van der Waals surface area contributed by atoms with Crippen LogP contribution in [0, 0.1) is 0 Å². The van der Waals surface area contributed by atoms with Crippen LogP contribution in [0.1, 0.15) is 18.1 Å². The summed E-state index contributed by atoms with van der Waals surface area (Å²) in [5.74, 6) is 0. The van der Waals surface area contributed by atoms with E-state index in [1.807, 2.05) is 31.2 Å². The Bertz CT molecular complexity index is 978. The molecule has 0 bridgehead atoms. The average molecular weight is 386 g/mol. The second-order valence-corrected chi connectivity index (χ2v) is 8.64. The molecule has 2 aromatic carbocycles. The summed E-state index contributed by atoms with van der Waals surface area (Å²) >= 11 is 1.63. The van der Waals surface area contributed by atoms with E-state index in [1.165, 1.54) is 0 Å². The molecule has 2 aliphatic rings. The standard InChI is InChI=1S/C19H19N3O2S2/c1-2-14-3-9-17(10-4-14)26(23,24)21-16-7-5-15(6-8-16)18-13-25-19-20-11-12-22(18)19/h3-10,13,21H,2,11-12H2,1H3. The molecule has 0 aliphatic carbocycles. The van der Waals surface area contributed by atoms with Gasteiger partial charge in [-0.2, -0.15) is 0 Å². The van der Waals surface area contributed by atoms with Crippen LogP contribution in [-0.2, 0) is 16.4 Å². The van der Waals surface area contributed by atoms with E-state index in [4.69, 9.17) is 0 Å². The molecule has 26 heavy (non-hydrogen) atoms. The molecule has 0 amide bonds. The zero-order chi connectivity index (χ0) is 18.1. The summed E-state index contributed by atoms with van der Waals surface area (Å²) in [4.78, 5) is 6.91. The summed E-state index contributed by atoms with van der Waals surface area (Å²) in [6.07, 6.45) is 0.882. The fourth-order valence-corrected chi connectivity index (χ4v) is 5.00. The van der Waals surface area contributed by atoms with E-state index in [2.05, 4.69) is 20.0 Å². The summed E-state index contributed by atoms with van der Waals surface area (Å²) < 4.78 is 27.7. The second kappa shape index (κ2) is 6.81. The molecule has 134 valence electrons. The number of aliphatic imine (C=N–C) groups is 1. The second-order valence-electron chi connectivity index (χ2n) is 6.12. The largest absolute Gasteiger partial charge is 0.318 e. The van der Waals surface area contributed by atoms with Gasteiger partial charge in [0.15, 0.2) is 5.17 Å². The van der Waals surface area contributed by atoms with Crippen molar-refractivity contribution in [3.63, 3.8) is 0 Å². The van der Waals surface area contributed by atoms with E-state index in [0.717, 1.165) is 41.5 Å². The third kappa shape index (κ3) is 3.24. The van der Waals surface area contributed by atoms with Crippen LogP contribution in [0.3, 0.4) is 0 Å². The minimum Gasteiger partial charge on any atom is -0.318 e. The first-order valence-corrected chi connectivity index (χ1v) is 10.8. The van der Waals surface area contributed by atoms with Gasteiger partial charge in [0.2, 0.25) is 0 Å². The van der Waals surface area contributed by atoms with Crippen molar-refractivity contribution in [3.05, 3.63) is 65.1 Å². The van der Waals surface area contributed by atoms with Gasteiger partial charge in [-0.15, -0.1) is 0 Å². The number of sulfonamides is 1. The summed E-state index contributed by atoms with van der Waals surface area (Å²) in [6, 6.07) is 14.4. The summed E-state index contributed by atoms with van der Waals surface area (Å²) in [5, 5.41) is 3.13. The molecule has 0 aromatic heterocycles. The van der Waals surface area contributed by atoms with E-state index < -0.39 is 10.0 Å². The predicted octanol–water partition coefficient (Wildman–Crippen LogP) is 3.77. The average Bonchev–Trinajstić information content (AvgIpc) is 3.26. The van der Waals surface area contributed by atoms with Crippen molar-refractivity contribution in [1.29, 1.82) is 0 Å². The van der Waals surface area contributed by atoms with Crippen LogP contribution < -0.4 is 4.72 Å². The maximum absolute atomic E-state index is 12.5. The van der Waals surface area contributed by atoms with Crippen LogP contribution >= 0.6 is 11.8 Å². The molecule has 0 radical (unpaired) electrons. The van der Waals surface area contributed by atoms with Crippen LogP contribution in [0.5, 0.6) is 0 Å². The van der Waals surface area contributed by atoms with Gasteiger partial charge < -0.3 is 4.90 Å². The van der Waals surface area contributed by atoms with Gasteiger partial charge in [-0.05, 0) is 41.8 Å². The van der Waals surface area contributed by atoms with Crippen molar-refractivity contribution >= 4 is 38.3 Å². The SMILES string of the molecule is CCc1ccc(S(=O)(=O)Nc2ccc(C3=CSC4=NCCN34)cc2)cc1. The van der Waals surface area contributed by atoms with E-state index in [1.54, 1.807) is 36.0 Å². The van der Waals surface area contributed by atoms with Crippen molar-refractivity contribution in [3.8, 4) is 0 Å². The Balaban J connectivity index is 1.51. The highest BCUT2D eigenvalue weighted by Crippen LogP contribution is 2.35. The van der Waals surface area contributed by atoms with Gasteiger partial charge in [-0.1, -0.05) is 43.0 Å². The highest BCUT2D eigenvalue weighted by atomic mass is 32.2. The molecule has 0 fully saturated rings. The number of rotatable bonds is 5. The summed E-state index contributed by atoms with van der Waals surface area (Å²) in [5.41, 5.74) is 3.84. The minimum absolute atomic E-state index is 0.270. The minimum atomic E-state index is -3.58. The molecule has 7 heteroatoms. The molecule has 1 N–H and O–H groups in total. The lowest BCUT2D eigenvalue weighted by Gasteiger charge is -2.17. The smallest absolute Gasteiger partial charge is 0.261 e. The highest BCUT2D eigenvalue weighted by Gasteiger charge is 2.27. The number of nitrogens with one attached hydrogen (secondary N) is 1. The fraction of sp³-hybridized carbons (Fsp3) is 0.211. The van der Waals surface area contributed by atoms with Gasteiger partial charge in [-0.3, -0.25) is 9.71 Å². The lowest BCUT2D eigenvalue weighted by Crippen LogP contribution is -2.19. The Morgan fingerprint density at radius 1 is 1.12 bits per heavy atom. The monoisotopic (exact) mass is 385 g/mol. The first-order chi connectivity index (χ1) is 12.6. The third-order valence-electron chi connectivity index (χ3n) is 4.44. The molecule has 2 aromatic rings. The quantitative estimate of drug-likeness (QED) is 0.851. The van der Waals surface area contributed by atoms with Crippen molar-refractivity contribution in [2.24, 2.45) is 4.99 Å². The highest BCUT2D eigenvalue weighted by molar-refractivity contribution is 8.16. The Labute approximate surface area is 157 Å². The molecular formula is C19H19N3O2S2. The molecule has 0 saturated heterocycles. The number of hydrogen-bond donors (Lipinski definition) is 1. The lowest BCUT2D eigenvalue weighted by atomic mass is 10.1. The first-order valence-electron chi connectivity index (χ1n) is 8.48. The number of nitrogens with zero attached hydrogens (tertiary/aromatic N) is 2. The Morgan fingerprint density at radius 3 is 2.54 bits per heavy atom. The molecule has 0 saturated carbocycles. The number of aryl methyl sites for hydroxylation is 1. The molecule has 4 rings (SSSR count). The van der Waals surface area contributed by atoms with E-state index >= 15 is 0 Å². The fourth-order valence-electron chi connectivity index (χ4n) is 2.97. The van der Waals surface area contributed by atoms with Gasteiger partial charge in [-0.25, -0.2) is 8.42 Å². The predicted molar refractivity (Wildman–Crippen MR) is 108 cm³/mol. The normalized spacial score (nSPS) is 16.3. The molecule has 0 atom stereocenters. The first kappa shape index (κ1) is 17.2. The van der Waals surface area contributed by atoms with Gasteiger partial charge in [0.1, 0.15) is 0 Å². The maximum atomic E-state index is 12.5. The summed E-state index contributed by atoms with van der Waals surface area (Å²) in [7, 11) is -3.58. The van der Waals surface area contributed by atoms with Crippen LogP contribution in [0.4, 0.5) is 5.69 Å². The zero-order valence-corrected chi connectivity index (χ0v) is 16.0. The number of fused-ring (bicyclic) bond motifs is 1. The number of amidine groups is 1. The van der Waals surface area contributed by atoms with Crippen LogP contribution in [-0.4, -0.2) is 31.6 Å². The van der Waals surface area contributed by atoms with E-state index in [-0.39, 0.29) is 4.90 Å². The maximum Gasteiger partial charge on any atom is 0.261 e. The number of benzene rings is 2. The molecule has 0 spiro atoms. The van der Waals surface area contributed by atoms with Crippen LogP contribution in [0.25, 0.3) is 5.70 Å². The van der Waals surface area contributed by atoms with Crippen molar-refractivity contribution < 1.29 is 8.42 Å². The summed E-state index contributed by atoms with van der Waals surface area (Å²) in [6.45, 7) is 3.77. The Kier molecular flexibility index (Phi) is 4.50.